The molecule has 2 aromatic heterocycles. The predicted molar refractivity (Wildman–Crippen MR) is 117 cm³/mol. The summed E-state index contributed by atoms with van der Waals surface area (Å²) in [5, 5.41) is 9.20. The number of carbonyl (C=O) groups is 1. The Labute approximate surface area is 180 Å². The molecular formula is C20H24N6O4S. The smallest absolute Gasteiger partial charge is 0.319 e. The lowest BCUT2D eigenvalue weighted by atomic mass is 10.1. The maximum atomic E-state index is 12.1. The average molecular weight is 445 g/mol. The van der Waals surface area contributed by atoms with Gasteiger partial charge in [0, 0.05) is 29.6 Å². The lowest BCUT2D eigenvalue weighted by molar-refractivity contribution is 0.251. The second-order valence-corrected chi connectivity index (χ2v) is 10.2. The van der Waals surface area contributed by atoms with Crippen LogP contribution in [0.1, 0.15) is 31.0 Å². The van der Waals surface area contributed by atoms with Crippen molar-refractivity contribution >= 4 is 27.4 Å². The van der Waals surface area contributed by atoms with Gasteiger partial charge in [0.1, 0.15) is 22.0 Å². The van der Waals surface area contributed by atoms with Crippen molar-refractivity contribution in [1.29, 1.82) is 0 Å². The molecule has 164 valence electrons. The second kappa shape index (κ2) is 8.34. The maximum absolute atomic E-state index is 12.1. The SMILES string of the molecule is Cc1cc(CNC(=O)Nc2ccc(-c3nc(N)cc(C(C)(C)S(C)(=O)=O)n3)cc2)no1. The van der Waals surface area contributed by atoms with Crippen molar-refractivity contribution in [3.8, 4) is 11.4 Å². The van der Waals surface area contributed by atoms with Crippen molar-refractivity contribution in [2.24, 2.45) is 0 Å². The molecule has 0 aliphatic rings. The van der Waals surface area contributed by atoms with E-state index in [9.17, 15) is 13.2 Å². The molecule has 0 fully saturated rings. The Morgan fingerprint density at radius 2 is 1.84 bits per heavy atom. The van der Waals surface area contributed by atoms with Gasteiger partial charge >= 0.3 is 6.03 Å². The monoisotopic (exact) mass is 444 g/mol. The largest absolute Gasteiger partial charge is 0.384 e. The standard InChI is InChI=1S/C20H24N6O4S/c1-12-9-15(26-30-12)11-22-19(27)23-14-7-5-13(6-8-14)18-24-16(10-17(21)25-18)20(2,3)31(4,28)29/h5-10H,11H2,1-4H3,(H2,21,24,25)(H2,22,23,27). The Bertz CT molecular complexity index is 1200. The van der Waals surface area contributed by atoms with Crippen LogP contribution in [0.5, 0.6) is 0 Å². The second-order valence-electron chi connectivity index (χ2n) is 7.60. The number of nitrogen functional groups attached to an aromatic ring is 1. The summed E-state index contributed by atoms with van der Waals surface area (Å²) < 4.78 is 28.0. The molecule has 3 rings (SSSR count). The molecule has 3 aromatic rings. The van der Waals surface area contributed by atoms with Crippen molar-refractivity contribution in [2.75, 3.05) is 17.3 Å². The van der Waals surface area contributed by atoms with E-state index in [1.807, 2.05) is 0 Å². The quantitative estimate of drug-likeness (QED) is 0.524. The first-order valence-electron chi connectivity index (χ1n) is 9.38. The molecule has 0 bridgehead atoms. The highest BCUT2D eigenvalue weighted by Crippen LogP contribution is 2.30. The van der Waals surface area contributed by atoms with Crippen molar-refractivity contribution in [3.05, 3.63) is 53.5 Å². The number of benzene rings is 1. The number of nitrogens with zero attached hydrogens (tertiary/aromatic N) is 3. The van der Waals surface area contributed by atoms with Gasteiger partial charge in [0.25, 0.3) is 0 Å². The van der Waals surface area contributed by atoms with Crippen LogP contribution in [0.25, 0.3) is 11.4 Å². The molecule has 0 spiro atoms. The van der Waals surface area contributed by atoms with Crippen LogP contribution in [-0.2, 0) is 21.1 Å². The van der Waals surface area contributed by atoms with Gasteiger partial charge in [-0.15, -0.1) is 0 Å². The Kier molecular flexibility index (Phi) is 5.98. The van der Waals surface area contributed by atoms with Crippen LogP contribution in [0.15, 0.2) is 40.9 Å². The minimum atomic E-state index is -3.43. The fraction of sp³-hybridized carbons (Fsp3) is 0.300. The molecule has 31 heavy (non-hydrogen) atoms. The number of rotatable bonds is 6. The number of aryl methyl sites for hydroxylation is 1. The summed E-state index contributed by atoms with van der Waals surface area (Å²) in [6, 6.07) is 9.59. The van der Waals surface area contributed by atoms with Crippen LogP contribution in [0, 0.1) is 6.92 Å². The minimum absolute atomic E-state index is 0.168. The molecule has 2 heterocycles. The molecule has 4 N–H and O–H groups in total. The molecule has 0 aliphatic carbocycles. The van der Waals surface area contributed by atoms with E-state index >= 15 is 0 Å². The summed E-state index contributed by atoms with van der Waals surface area (Å²) in [7, 11) is -3.43. The Morgan fingerprint density at radius 1 is 1.16 bits per heavy atom. The van der Waals surface area contributed by atoms with Gasteiger partial charge in [-0.05, 0) is 45.0 Å². The van der Waals surface area contributed by atoms with Gasteiger partial charge in [-0.25, -0.2) is 23.2 Å². The van der Waals surface area contributed by atoms with Gasteiger partial charge in [0.2, 0.25) is 0 Å². The fourth-order valence-corrected chi connectivity index (χ4v) is 3.13. The van der Waals surface area contributed by atoms with E-state index in [-0.39, 0.29) is 12.4 Å². The predicted octanol–water partition coefficient (Wildman–Crippen LogP) is 2.62. The van der Waals surface area contributed by atoms with Gasteiger partial charge < -0.3 is 20.9 Å². The van der Waals surface area contributed by atoms with E-state index in [1.54, 1.807) is 51.1 Å². The van der Waals surface area contributed by atoms with Gasteiger partial charge in [-0.1, -0.05) is 5.16 Å². The molecule has 11 heteroatoms. The normalized spacial score (nSPS) is 11.9. The molecule has 1 aromatic carbocycles. The molecule has 0 saturated carbocycles. The van der Waals surface area contributed by atoms with Gasteiger partial charge in [0.05, 0.1) is 12.2 Å². The van der Waals surface area contributed by atoms with Gasteiger partial charge in [-0.3, -0.25) is 0 Å². The molecule has 10 nitrogen and oxygen atoms in total. The third-order valence-electron chi connectivity index (χ3n) is 4.80. The zero-order valence-corrected chi connectivity index (χ0v) is 18.4. The fourth-order valence-electron chi connectivity index (χ4n) is 2.64. The summed E-state index contributed by atoms with van der Waals surface area (Å²) in [6.07, 6.45) is 1.15. The average Bonchev–Trinajstić information content (AvgIpc) is 3.11. The lowest BCUT2D eigenvalue weighted by Crippen LogP contribution is -2.29. The third kappa shape index (κ3) is 5.18. The van der Waals surface area contributed by atoms with Crippen molar-refractivity contribution < 1.29 is 17.7 Å². The van der Waals surface area contributed by atoms with Crippen LogP contribution >= 0.6 is 0 Å². The van der Waals surface area contributed by atoms with Crippen LogP contribution in [0.2, 0.25) is 0 Å². The van der Waals surface area contributed by atoms with E-state index in [0.717, 1.165) is 6.26 Å². The number of carbonyl (C=O) groups excluding carboxylic acids is 1. The maximum Gasteiger partial charge on any atom is 0.319 e. The summed E-state index contributed by atoms with van der Waals surface area (Å²) in [5.74, 6) is 1.13. The van der Waals surface area contributed by atoms with Crippen LogP contribution in [0.3, 0.4) is 0 Å². The molecule has 0 atom stereocenters. The van der Waals surface area contributed by atoms with Gasteiger partial charge in [0.15, 0.2) is 15.7 Å². The zero-order chi connectivity index (χ0) is 22.8. The van der Waals surface area contributed by atoms with Gasteiger partial charge in [-0.2, -0.15) is 0 Å². The number of amides is 2. The highest BCUT2D eigenvalue weighted by molar-refractivity contribution is 7.91. The molecular weight excluding hydrogens is 420 g/mol. The number of hydrogen-bond acceptors (Lipinski definition) is 8. The summed E-state index contributed by atoms with van der Waals surface area (Å²) in [6.45, 7) is 5.14. The topological polar surface area (TPSA) is 153 Å². The van der Waals surface area contributed by atoms with Crippen molar-refractivity contribution in [1.82, 2.24) is 20.4 Å². The van der Waals surface area contributed by atoms with Crippen LogP contribution < -0.4 is 16.4 Å². The highest BCUT2D eigenvalue weighted by atomic mass is 32.2. The number of aromatic nitrogens is 3. The summed E-state index contributed by atoms with van der Waals surface area (Å²) in [5.41, 5.74) is 8.00. The molecule has 0 saturated heterocycles. The zero-order valence-electron chi connectivity index (χ0n) is 17.6. The number of urea groups is 1. The lowest BCUT2D eigenvalue weighted by Gasteiger charge is -2.22. The number of nitrogens with two attached hydrogens (primary N) is 1. The van der Waals surface area contributed by atoms with E-state index < -0.39 is 20.6 Å². The van der Waals surface area contributed by atoms with E-state index in [0.29, 0.717) is 34.2 Å². The summed E-state index contributed by atoms with van der Waals surface area (Å²) in [4.78, 5) is 20.7. The van der Waals surface area contributed by atoms with Crippen LogP contribution in [-0.4, -0.2) is 35.8 Å². The molecule has 0 unspecified atom stereocenters. The molecule has 0 radical (unpaired) electrons. The minimum Gasteiger partial charge on any atom is -0.384 e. The first kappa shape index (κ1) is 22.2. The Balaban J connectivity index is 1.73. The Hall–Kier alpha value is -3.47. The van der Waals surface area contributed by atoms with E-state index in [2.05, 4.69) is 25.8 Å². The first-order valence-corrected chi connectivity index (χ1v) is 11.3. The molecule has 0 aliphatic heterocycles. The van der Waals surface area contributed by atoms with E-state index in [4.69, 9.17) is 10.3 Å². The van der Waals surface area contributed by atoms with Crippen molar-refractivity contribution in [3.63, 3.8) is 0 Å². The summed E-state index contributed by atoms with van der Waals surface area (Å²) >= 11 is 0. The third-order valence-corrected chi connectivity index (χ3v) is 6.86. The number of anilines is 2. The van der Waals surface area contributed by atoms with Crippen LogP contribution in [0.4, 0.5) is 16.3 Å². The number of nitrogens with one attached hydrogen (secondary N) is 2. The number of sulfone groups is 1. The molecule has 2 amide bonds. The van der Waals surface area contributed by atoms with E-state index in [1.165, 1.54) is 6.07 Å². The number of hydrogen-bond donors (Lipinski definition) is 3. The Morgan fingerprint density at radius 3 is 2.42 bits per heavy atom. The van der Waals surface area contributed by atoms with Crippen molar-refractivity contribution in [2.45, 2.75) is 32.1 Å². The highest BCUT2D eigenvalue weighted by Gasteiger charge is 2.34. The first-order chi connectivity index (χ1) is 14.5.